The van der Waals surface area contributed by atoms with Gasteiger partial charge in [-0.25, -0.2) is 9.37 Å². The van der Waals surface area contributed by atoms with Crippen LogP contribution in [0.5, 0.6) is 0 Å². The van der Waals surface area contributed by atoms with Gasteiger partial charge in [0, 0.05) is 10.8 Å². The molecule has 1 heterocycles. The first-order valence-electron chi connectivity index (χ1n) is 5.07. The molecule has 0 aliphatic carbocycles. The minimum atomic E-state index is -0.179. The smallest absolute Gasteiger partial charge is 0.180 e. The molecule has 1 aromatic carbocycles. The highest BCUT2D eigenvalue weighted by atomic mass is 32.1. The molecule has 2 aromatic rings. The summed E-state index contributed by atoms with van der Waals surface area (Å²) in [7, 11) is 0. The van der Waals surface area contributed by atoms with Gasteiger partial charge in [0.05, 0.1) is 5.69 Å². The first-order valence-corrected chi connectivity index (χ1v) is 5.88. The summed E-state index contributed by atoms with van der Waals surface area (Å²) in [5.41, 5.74) is 7.22. The van der Waals surface area contributed by atoms with E-state index in [0.717, 1.165) is 10.6 Å². The average molecular weight is 236 g/mol. The maximum atomic E-state index is 13.6. The van der Waals surface area contributed by atoms with E-state index in [4.69, 9.17) is 5.73 Å². The molecule has 1 atom stereocenters. The molecule has 16 heavy (non-hydrogen) atoms. The quantitative estimate of drug-likeness (QED) is 0.868. The lowest BCUT2D eigenvalue weighted by Crippen LogP contribution is -1.98. The zero-order valence-electron chi connectivity index (χ0n) is 9.20. The molecule has 2 nitrogen and oxygen atoms in total. The van der Waals surface area contributed by atoms with Crippen LogP contribution in [0, 0.1) is 12.7 Å². The predicted molar refractivity (Wildman–Crippen MR) is 65.2 cm³/mol. The second-order valence-electron chi connectivity index (χ2n) is 3.74. The van der Waals surface area contributed by atoms with Crippen molar-refractivity contribution in [3.8, 4) is 0 Å². The van der Waals surface area contributed by atoms with E-state index in [1.807, 2.05) is 19.9 Å². The molecule has 0 spiro atoms. The van der Waals surface area contributed by atoms with Crippen LogP contribution in [0.4, 0.5) is 9.52 Å². The molecule has 0 radical (unpaired) electrons. The number of benzene rings is 1. The molecule has 0 fully saturated rings. The van der Waals surface area contributed by atoms with Crippen LogP contribution < -0.4 is 5.73 Å². The molecule has 0 bridgehead atoms. The van der Waals surface area contributed by atoms with Crippen molar-refractivity contribution in [2.24, 2.45) is 0 Å². The van der Waals surface area contributed by atoms with Crippen LogP contribution in [0.2, 0.25) is 0 Å². The van der Waals surface area contributed by atoms with Crippen molar-refractivity contribution in [3.05, 3.63) is 46.2 Å². The highest BCUT2D eigenvalue weighted by Crippen LogP contribution is 2.33. The zero-order valence-corrected chi connectivity index (χ0v) is 10.0. The van der Waals surface area contributed by atoms with Crippen molar-refractivity contribution in [3.63, 3.8) is 0 Å². The maximum absolute atomic E-state index is 13.6. The SMILES string of the molecule is Cc1nc(N)sc1C(C)c1ccccc1F. The standard InChI is InChI=1S/C12H13FN2S/c1-7(9-5-3-4-6-10(9)13)11-8(2)15-12(14)16-11/h3-7H,1-2H3,(H2,14,15). The monoisotopic (exact) mass is 236 g/mol. The number of nitrogens with two attached hydrogens (primary N) is 1. The van der Waals surface area contributed by atoms with Gasteiger partial charge in [-0.1, -0.05) is 25.1 Å². The minimum Gasteiger partial charge on any atom is -0.375 e. The third-order valence-electron chi connectivity index (χ3n) is 2.61. The first kappa shape index (κ1) is 11.1. The fourth-order valence-corrected chi connectivity index (χ4v) is 2.70. The second-order valence-corrected chi connectivity index (χ2v) is 4.81. The van der Waals surface area contributed by atoms with E-state index in [1.54, 1.807) is 12.1 Å². The van der Waals surface area contributed by atoms with E-state index < -0.39 is 0 Å². The molecule has 0 aliphatic rings. The van der Waals surface area contributed by atoms with Crippen LogP contribution in [0.15, 0.2) is 24.3 Å². The Balaban J connectivity index is 2.43. The summed E-state index contributed by atoms with van der Waals surface area (Å²) in [6, 6.07) is 6.81. The Labute approximate surface area is 97.9 Å². The molecule has 1 unspecified atom stereocenters. The summed E-state index contributed by atoms with van der Waals surface area (Å²) in [5, 5.41) is 0.538. The van der Waals surface area contributed by atoms with Gasteiger partial charge in [-0.3, -0.25) is 0 Å². The largest absolute Gasteiger partial charge is 0.375 e. The van der Waals surface area contributed by atoms with Gasteiger partial charge in [0.15, 0.2) is 5.13 Å². The van der Waals surface area contributed by atoms with Crippen LogP contribution in [0.3, 0.4) is 0 Å². The van der Waals surface area contributed by atoms with Gasteiger partial charge in [0.25, 0.3) is 0 Å². The van der Waals surface area contributed by atoms with E-state index in [-0.39, 0.29) is 11.7 Å². The van der Waals surface area contributed by atoms with E-state index in [1.165, 1.54) is 17.4 Å². The van der Waals surface area contributed by atoms with Gasteiger partial charge >= 0.3 is 0 Å². The van der Waals surface area contributed by atoms with Crippen LogP contribution >= 0.6 is 11.3 Å². The van der Waals surface area contributed by atoms with Gasteiger partial charge < -0.3 is 5.73 Å². The lowest BCUT2D eigenvalue weighted by atomic mass is 9.98. The van der Waals surface area contributed by atoms with Crippen LogP contribution in [-0.2, 0) is 0 Å². The van der Waals surface area contributed by atoms with Crippen LogP contribution in [0.25, 0.3) is 0 Å². The fourth-order valence-electron chi connectivity index (χ4n) is 1.80. The molecule has 4 heteroatoms. The number of anilines is 1. The topological polar surface area (TPSA) is 38.9 Å². The number of halogens is 1. The normalized spacial score (nSPS) is 12.7. The molecular formula is C12H13FN2S. The second kappa shape index (κ2) is 4.22. The number of aromatic nitrogens is 1. The predicted octanol–water partition coefficient (Wildman–Crippen LogP) is 3.32. The number of hydrogen-bond acceptors (Lipinski definition) is 3. The Hall–Kier alpha value is -1.42. The molecule has 84 valence electrons. The van der Waals surface area contributed by atoms with Crippen LogP contribution in [-0.4, -0.2) is 4.98 Å². The maximum Gasteiger partial charge on any atom is 0.180 e. The summed E-state index contributed by atoms with van der Waals surface area (Å²) in [5.74, 6) is -0.183. The Kier molecular flexibility index (Phi) is 2.92. The Morgan fingerprint density at radius 2 is 2.06 bits per heavy atom. The highest BCUT2D eigenvalue weighted by molar-refractivity contribution is 7.15. The Morgan fingerprint density at radius 1 is 1.38 bits per heavy atom. The average Bonchev–Trinajstić information content (AvgIpc) is 2.58. The summed E-state index contributed by atoms with van der Waals surface area (Å²) < 4.78 is 13.6. The summed E-state index contributed by atoms with van der Waals surface area (Å²) >= 11 is 1.43. The van der Waals surface area contributed by atoms with Gasteiger partial charge in [-0.05, 0) is 18.6 Å². The van der Waals surface area contributed by atoms with Gasteiger partial charge in [-0.2, -0.15) is 0 Å². The highest BCUT2D eigenvalue weighted by Gasteiger charge is 2.17. The number of nitrogens with zero attached hydrogens (tertiary/aromatic N) is 1. The molecular weight excluding hydrogens is 223 g/mol. The Morgan fingerprint density at radius 3 is 2.62 bits per heavy atom. The number of aryl methyl sites for hydroxylation is 1. The van der Waals surface area contributed by atoms with E-state index in [9.17, 15) is 4.39 Å². The number of rotatable bonds is 2. The molecule has 1 aromatic heterocycles. The third-order valence-corrected chi connectivity index (χ3v) is 3.78. The van der Waals surface area contributed by atoms with Crippen molar-refractivity contribution >= 4 is 16.5 Å². The summed E-state index contributed by atoms with van der Waals surface area (Å²) in [6.45, 7) is 3.87. The first-order chi connectivity index (χ1) is 7.59. The lowest BCUT2D eigenvalue weighted by molar-refractivity contribution is 0.604. The van der Waals surface area contributed by atoms with E-state index in [2.05, 4.69) is 4.98 Å². The van der Waals surface area contributed by atoms with E-state index >= 15 is 0 Å². The molecule has 0 saturated heterocycles. The van der Waals surface area contributed by atoms with Crippen molar-refractivity contribution in [2.75, 3.05) is 5.73 Å². The van der Waals surface area contributed by atoms with Crippen molar-refractivity contribution in [2.45, 2.75) is 19.8 Å². The fraction of sp³-hybridized carbons (Fsp3) is 0.250. The number of thiazole rings is 1. The minimum absolute atomic E-state index is 0.00370. The van der Waals surface area contributed by atoms with Gasteiger partial charge in [0.2, 0.25) is 0 Å². The lowest BCUT2D eigenvalue weighted by Gasteiger charge is -2.11. The number of hydrogen-bond donors (Lipinski definition) is 1. The molecule has 2 N–H and O–H groups in total. The van der Waals surface area contributed by atoms with Crippen molar-refractivity contribution in [1.29, 1.82) is 0 Å². The zero-order chi connectivity index (χ0) is 11.7. The van der Waals surface area contributed by atoms with E-state index in [0.29, 0.717) is 10.7 Å². The summed E-state index contributed by atoms with van der Waals surface area (Å²) in [4.78, 5) is 5.19. The van der Waals surface area contributed by atoms with Gasteiger partial charge in [0.1, 0.15) is 5.82 Å². The molecule has 0 saturated carbocycles. The molecule has 2 rings (SSSR count). The Bertz CT molecular complexity index is 507. The van der Waals surface area contributed by atoms with Crippen molar-refractivity contribution in [1.82, 2.24) is 4.98 Å². The van der Waals surface area contributed by atoms with Crippen LogP contribution in [0.1, 0.15) is 29.0 Å². The third kappa shape index (κ3) is 1.93. The number of nitrogen functional groups attached to an aromatic ring is 1. The molecule has 0 aliphatic heterocycles. The molecule has 0 amide bonds. The van der Waals surface area contributed by atoms with Crippen molar-refractivity contribution < 1.29 is 4.39 Å². The summed E-state index contributed by atoms with van der Waals surface area (Å²) in [6.07, 6.45) is 0. The van der Waals surface area contributed by atoms with Gasteiger partial charge in [-0.15, -0.1) is 11.3 Å².